The van der Waals surface area contributed by atoms with Crippen molar-refractivity contribution in [3.63, 3.8) is 0 Å². The van der Waals surface area contributed by atoms with E-state index in [1.165, 1.54) is 19.3 Å². The third-order valence-corrected chi connectivity index (χ3v) is 6.01. The number of hydrogen-bond donors (Lipinski definition) is 1. The van der Waals surface area contributed by atoms with Crippen LogP contribution in [0.3, 0.4) is 0 Å². The van der Waals surface area contributed by atoms with Crippen LogP contribution in [0.4, 0.5) is 10.5 Å². The summed E-state index contributed by atoms with van der Waals surface area (Å²) in [5, 5.41) is 7.63. The summed E-state index contributed by atoms with van der Waals surface area (Å²) in [6.07, 6.45) is 10.4. The number of nitrogens with zero attached hydrogens (tertiary/aromatic N) is 3. The molecule has 4 atom stereocenters. The van der Waals surface area contributed by atoms with Crippen LogP contribution in [0.5, 0.6) is 0 Å². The molecule has 0 spiro atoms. The highest BCUT2D eigenvalue weighted by Gasteiger charge is 2.50. The Bertz CT molecular complexity index is 640. The molecular formula is C17H22N4O. The van der Waals surface area contributed by atoms with Gasteiger partial charge in [-0.15, -0.1) is 0 Å². The number of amides is 2. The van der Waals surface area contributed by atoms with E-state index in [2.05, 4.69) is 22.6 Å². The number of carbonyl (C=O) groups excluding carboxylic acids is 1. The normalized spacial score (nSPS) is 35.2. The number of urea groups is 1. The van der Waals surface area contributed by atoms with E-state index >= 15 is 0 Å². The van der Waals surface area contributed by atoms with Crippen LogP contribution in [-0.2, 0) is 7.05 Å². The molecule has 5 rings (SSSR count). The van der Waals surface area contributed by atoms with Gasteiger partial charge in [0.2, 0.25) is 0 Å². The fourth-order valence-corrected chi connectivity index (χ4v) is 4.77. The second kappa shape index (κ2) is 4.37. The fraction of sp³-hybridized carbons (Fsp3) is 0.647. The summed E-state index contributed by atoms with van der Waals surface area (Å²) >= 11 is 0. The zero-order valence-corrected chi connectivity index (χ0v) is 12.9. The first-order valence-corrected chi connectivity index (χ1v) is 8.47. The Hall–Kier alpha value is -1.78. The van der Waals surface area contributed by atoms with E-state index < -0.39 is 0 Å². The van der Waals surface area contributed by atoms with Crippen LogP contribution in [0, 0.1) is 23.7 Å². The van der Waals surface area contributed by atoms with Crippen LogP contribution >= 0.6 is 0 Å². The Morgan fingerprint density at radius 1 is 1.23 bits per heavy atom. The highest BCUT2D eigenvalue weighted by Crippen LogP contribution is 2.51. The summed E-state index contributed by atoms with van der Waals surface area (Å²) in [5.74, 6) is 3.37. The van der Waals surface area contributed by atoms with E-state index in [1.54, 1.807) is 0 Å². The summed E-state index contributed by atoms with van der Waals surface area (Å²) in [7, 11) is 1.92. The van der Waals surface area contributed by atoms with Gasteiger partial charge < -0.3 is 10.2 Å². The molecule has 1 aliphatic heterocycles. The second-order valence-corrected chi connectivity index (χ2v) is 7.49. The molecule has 2 heterocycles. The van der Waals surface area contributed by atoms with Crippen LogP contribution in [0.25, 0.3) is 0 Å². The number of carbonyl (C=O) groups is 1. The highest BCUT2D eigenvalue weighted by molar-refractivity contribution is 5.90. The van der Waals surface area contributed by atoms with Gasteiger partial charge in [0.05, 0.1) is 11.4 Å². The lowest BCUT2D eigenvalue weighted by Gasteiger charge is -2.19. The van der Waals surface area contributed by atoms with Gasteiger partial charge in [0.25, 0.3) is 0 Å². The van der Waals surface area contributed by atoms with Gasteiger partial charge in [-0.3, -0.25) is 4.68 Å². The van der Waals surface area contributed by atoms with Gasteiger partial charge in [-0.2, -0.15) is 5.10 Å². The van der Waals surface area contributed by atoms with Crippen molar-refractivity contribution in [3.05, 3.63) is 24.0 Å². The molecule has 1 aromatic rings. The van der Waals surface area contributed by atoms with Crippen LogP contribution < -0.4 is 5.32 Å². The van der Waals surface area contributed by atoms with Crippen molar-refractivity contribution in [1.82, 2.24) is 14.7 Å². The Morgan fingerprint density at radius 3 is 2.55 bits per heavy atom. The smallest absolute Gasteiger partial charge is 0.321 e. The Kier molecular flexibility index (Phi) is 2.53. The maximum atomic E-state index is 12.6. The van der Waals surface area contributed by atoms with E-state index in [9.17, 15) is 4.79 Å². The summed E-state index contributed by atoms with van der Waals surface area (Å²) in [6.45, 7) is 1.84. The van der Waals surface area contributed by atoms with Crippen molar-refractivity contribution >= 4 is 11.7 Å². The Balaban J connectivity index is 1.30. The SMILES string of the molecule is Cn1cc(NC(=O)N2C[C@@H]3C4C=CC(C4)[C@@H]3C2)c(C2CC2)n1. The number of nitrogens with one attached hydrogen (secondary N) is 1. The summed E-state index contributed by atoms with van der Waals surface area (Å²) in [4.78, 5) is 14.7. The third-order valence-electron chi connectivity index (χ3n) is 6.01. The lowest BCUT2D eigenvalue weighted by Crippen LogP contribution is -2.34. The predicted molar refractivity (Wildman–Crippen MR) is 83.5 cm³/mol. The zero-order chi connectivity index (χ0) is 14.8. The highest BCUT2D eigenvalue weighted by atomic mass is 16.2. The van der Waals surface area contributed by atoms with Gasteiger partial charge >= 0.3 is 6.03 Å². The van der Waals surface area contributed by atoms with Crippen LogP contribution in [0.15, 0.2) is 18.3 Å². The minimum absolute atomic E-state index is 0.0590. The quantitative estimate of drug-likeness (QED) is 0.853. The van der Waals surface area contributed by atoms with Crippen molar-refractivity contribution in [2.24, 2.45) is 30.7 Å². The molecule has 1 N–H and O–H groups in total. The number of anilines is 1. The molecule has 22 heavy (non-hydrogen) atoms. The summed E-state index contributed by atoms with van der Waals surface area (Å²) in [5.41, 5.74) is 1.98. The summed E-state index contributed by atoms with van der Waals surface area (Å²) in [6, 6.07) is 0.0590. The zero-order valence-electron chi connectivity index (χ0n) is 12.9. The summed E-state index contributed by atoms with van der Waals surface area (Å²) < 4.78 is 1.81. The number of allylic oxidation sites excluding steroid dienone is 2. The standard InChI is InChI=1S/C17H22N4O/c1-20-9-15(16(19-20)10-2-3-10)18-17(22)21-7-13-11-4-5-12(6-11)14(13)8-21/h4-5,9-14H,2-3,6-8H2,1H3,(H,18,22)/t11?,12?,13-,14+. The average Bonchev–Trinajstić information content (AvgIpc) is 2.90. The topological polar surface area (TPSA) is 50.2 Å². The van der Waals surface area contributed by atoms with Crippen LogP contribution in [0.1, 0.15) is 30.9 Å². The van der Waals surface area contributed by atoms with E-state index in [1.807, 2.05) is 22.8 Å². The van der Waals surface area contributed by atoms with Gasteiger partial charge in [-0.05, 0) is 42.9 Å². The maximum absolute atomic E-state index is 12.6. The molecule has 1 saturated heterocycles. The van der Waals surface area contributed by atoms with Crippen molar-refractivity contribution in [2.45, 2.75) is 25.2 Å². The number of rotatable bonds is 2. The predicted octanol–water partition coefficient (Wildman–Crippen LogP) is 2.58. The number of aryl methyl sites for hydroxylation is 1. The molecular weight excluding hydrogens is 276 g/mol. The minimum Gasteiger partial charge on any atom is -0.324 e. The Labute approximate surface area is 130 Å². The van der Waals surface area contributed by atoms with Gasteiger partial charge in [0.1, 0.15) is 0 Å². The molecule has 2 bridgehead atoms. The van der Waals surface area contributed by atoms with Crippen molar-refractivity contribution in [3.8, 4) is 0 Å². The minimum atomic E-state index is 0.0590. The molecule has 2 amide bonds. The van der Waals surface area contributed by atoms with Gasteiger partial charge in [0.15, 0.2) is 0 Å². The van der Waals surface area contributed by atoms with Crippen molar-refractivity contribution in [1.29, 1.82) is 0 Å². The monoisotopic (exact) mass is 298 g/mol. The molecule has 0 aromatic carbocycles. The van der Waals surface area contributed by atoms with Gasteiger partial charge in [-0.1, -0.05) is 12.2 Å². The van der Waals surface area contributed by atoms with Gasteiger partial charge in [0, 0.05) is 32.3 Å². The lowest BCUT2D eigenvalue weighted by atomic mass is 9.86. The number of fused-ring (bicyclic) bond motifs is 5. The van der Waals surface area contributed by atoms with E-state index in [0.717, 1.165) is 24.5 Å². The van der Waals surface area contributed by atoms with Crippen LogP contribution in [-0.4, -0.2) is 33.8 Å². The molecule has 1 aromatic heterocycles. The van der Waals surface area contributed by atoms with Crippen molar-refractivity contribution < 1.29 is 4.79 Å². The first kappa shape index (κ1) is 12.7. The van der Waals surface area contributed by atoms with E-state index in [0.29, 0.717) is 29.6 Å². The molecule has 4 aliphatic rings. The largest absolute Gasteiger partial charge is 0.324 e. The molecule has 2 unspecified atom stereocenters. The first-order chi connectivity index (χ1) is 10.7. The van der Waals surface area contributed by atoms with E-state index in [4.69, 9.17) is 0 Å². The molecule has 3 fully saturated rings. The molecule has 3 aliphatic carbocycles. The number of hydrogen-bond acceptors (Lipinski definition) is 2. The first-order valence-electron chi connectivity index (χ1n) is 8.47. The Morgan fingerprint density at radius 2 is 1.91 bits per heavy atom. The fourth-order valence-electron chi connectivity index (χ4n) is 4.77. The average molecular weight is 298 g/mol. The molecule has 5 nitrogen and oxygen atoms in total. The maximum Gasteiger partial charge on any atom is 0.321 e. The lowest BCUT2D eigenvalue weighted by molar-refractivity contribution is 0.217. The van der Waals surface area contributed by atoms with Crippen LogP contribution in [0.2, 0.25) is 0 Å². The molecule has 5 heteroatoms. The molecule has 116 valence electrons. The van der Waals surface area contributed by atoms with E-state index in [-0.39, 0.29) is 6.03 Å². The molecule has 0 radical (unpaired) electrons. The third kappa shape index (κ3) is 1.84. The number of aromatic nitrogens is 2. The second-order valence-electron chi connectivity index (χ2n) is 7.49. The molecule has 2 saturated carbocycles. The van der Waals surface area contributed by atoms with Gasteiger partial charge in [-0.25, -0.2) is 4.79 Å². The number of likely N-dealkylation sites (tertiary alicyclic amines) is 1. The van der Waals surface area contributed by atoms with Crippen molar-refractivity contribution in [2.75, 3.05) is 18.4 Å².